The van der Waals surface area contributed by atoms with E-state index in [1.54, 1.807) is 0 Å². The minimum atomic E-state index is 0.312. The smallest absolute Gasteiger partial charge is 0.158 e. The van der Waals surface area contributed by atoms with Crippen LogP contribution >= 0.6 is 0 Å². The van der Waals surface area contributed by atoms with Gasteiger partial charge in [-0.1, -0.05) is 6.07 Å². The molecule has 4 nitrogen and oxygen atoms in total. The number of hydrogen-bond acceptors (Lipinski definition) is 3. The van der Waals surface area contributed by atoms with Gasteiger partial charge in [-0.2, -0.15) is 0 Å². The van der Waals surface area contributed by atoms with Gasteiger partial charge in [-0.15, -0.1) is 0 Å². The van der Waals surface area contributed by atoms with E-state index >= 15 is 0 Å². The number of nitrogens with zero attached hydrogens (tertiary/aromatic N) is 3. The summed E-state index contributed by atoms with van der Waals surface area (Å²) < 4.78 is 7.95. The number of rotatable bonds is 3. The average Bonchev–Trinajstić information content (AvgIpc) is 2.88. The first-order chi connectivity index (χ1) is 9.33. The molecule has 1 aliphatic rings. The zero-order valence-electron chi connectivity index (χ0n) is 11.2. The van der Waals surface area contributed by atoms with E-state index in [2.05, 4.69) is 14.5 Å². The van der Waals surface area contributed by atoms with Crippen molar-refractivity contribution >= 4 is 0 Å². The predicted molar refractivity (Wildman–Crippen MR) is 73.8 cm³/mol. The first-order valence-corrected chi connectivity index (χ1v) is 6.90. The lowest BCUT2D eigenvalue weighted by molar-refractivity contribution is 0.00623. The number of ether oxygens (including phenoxy) is 1. The Morgan fingerprint density at radius 1 is 1.37 bits per heavy atom. The molecule has 1 unspecified atom stereocenters. The van der Waals surface area contributed by atoms with Crippen LogP contribution in [0.4, 0.5) is 0 Å². The Kier molecular flexibility index (Phi) is 3.60. The first-order valence-electron chi connectivity index (χ1n) is 6.90. The highest BCUT2D eigenvalue weighted by Gasteiger charge is 2.16. The van der Waals surface area contributed by atoms with Gasteiger partial charge in [-0.05, 0) is 38.3 Å². The highest BCUT2D eigenvalue weighted by molar-refractivity contribution is 5.49. The van der Waals surface area contributed by atoms with E-state index < -0.39 is 0 Å². The fourth-order valence-corrected chi connectivity index (χ4v) is 2.53. The zero-order chi connectivity index (χ0) is 13.1. The van der Waals surface area contributed by atoms with E-state index in [0.717, 1.165) is 36.8 Å². The van der Waals surface area contributed by atoms with E-state index in [1.165, 1.54) is 12.8 Å². The molecule has 2 aromatic heterocycles. The second-order valence-corrected chi connectivity index (χ2v) is 5.06. The zero-order valence-corrected chi connectivity index (χ0v) is 11.2. The van der Waals surface area contributed by atoms with Crippen molar-refractivity contribution in [2.75, 3.05) is 6.61 Å². The second kappa shape index (κ2) is 5.53. The number of aryl methyl sites for hydroxylation is 1. The topological polar surface area (TPSA) is 39.9 Å². The normalized spacial score (nSPS) is 19.5. The molecular formula is C15H19N3O. The van der Waals surface area contributed by atoms with Gasteiger partial charge >= 0.3 is 0 Å². The van der Waals surface area contributed by atoms with Gasteiger partial charge in [0.1, 0.15) is 5.69 Å². The standard InChI is InChI=1S/C15H19N3O/c1-12-5-4-7-14(17-12)15-16-8-9-18(15)11-13-6-2-3-10-19-13/h4-5,7-9,13H,2-3,6,10-11H2,1H3. The molecule has 3 rings (SSSR count). The van der Waals surface area contributed by atoms with Gasteiger partial charge in [-0.25, -0.2) is 9.97 Å². The molecule has 1 aliphatic heterocycles. The first kappa shape index (κ1) is 12.4. The largest absolute Gasteiger partial charge is 0.376 e. The molecule has 0 N–H and O–H groups in total. The van der Waals surface area contributed by atoms with Crippen molar-refractivity contribution in [2.24, 2.45) is 0 Å². The predicted octanol–water partition coefficient (Wildman–Crippen LogP) is 2.82. The van der Waals surface area contributed by atoms with Crippen molar-refractivity contribution in [3.63, 3.8) is 0 Å². The summed E-state index contributed by atoms with van der Waals surface area (Å²) in [6.07, 6.45) is 7.74. The molecule has 1 saturated heterocycles. The number of hydrogen-bond donors (Lipinski definition) is 0. The minimum absolute atomic E-state index is 0.312. The van der Waals surface area contributed by atoms with Crippen LogP contribution < -0.4 is 0 Å². The SMILES string of the molecule is Cc1cccc(-c2nccn2CC2CCCCO2)n1. The Labute approximate surface area is 113 Å². The van der Waals surface area contributed by atoms with Crippen molar-refractivity contribution in [3.8, 4) is 11.5 Å². The maximum Gasteiger partial charge on any atom is 0.158 e. The highest BCUT2D eigenvalue weighted by Crippen LogP contribution is 2.19. The summed E-state index contributed by atoms with van der Waals surface area (Å²) in [5.41, 5.74) is 1.95. The Hall–Kier alpha value is -1.68. The maximum atomic E-state index is 5.80. The molecule has 100 valence electrons. The Morgan fingerprint density at radius 2 is 2.32 bits per heavy atom. The van der Waals surface area contributed by atoms with Crippen molar-refractivity contribution in [3.05, 3.63) is 36.3 Å². The monoisotopic (exact) mass is 257 g/mol. The third-order valence-corrected chi connectivity index (χ3v) is 3.51. The number of pyridine rings is 1. The molecule has 1 atom stereocenters. The summed E-state index contributed by atoms with van der Waals surface area (Å²) in [6.45, 7) is 3.75. The molecule has 0 aromatic carbocycles. The van der Waals surface area contributed by atoms with E-state index in [0.29, 0.717) is 6.10 Å². The van der Waals surface area contributed by atoms with Crippen LogP contribution in [0, 0.1) is 6.92 Å². The quantitative estimate of drug-likeness (QED) is 0.849. The lowest BCUT2D eigenvalue weighted by Crippen LogP contribution is -2.24. The summed E-state index contributed by atoms with van der Waals surface area (Å²) in [4.78, 5) is 8.98. The molecule has 0 saturated carbocycles. The van der Waals surface area contributed by atoms with Crippen LogP contribution in [0.25, 0.3) is 11.5 Å². The lowest BCUT2D eigenvalue weighted by Gasteiger charge is -2.23. The van der Waals surface area contributed by atoms with Gasteiger partial charge in [0.05, 0.1) is 12.6 Å². The van der Waals surface area contributed by atoms with Crippen LogP contribution in [-0.4, -0.2) is 27.2 Å². The fourth-order valence-electron chi connectivity index (χ4n) is 2.53. The lowest BCUT2D eigenvalue weighted by atomic mass is 10.1. The maximum absolute atomic E-state index is 5.80. The van der Waals surface area contributed by atoms with E-state index in [-0.39, 0.29) is 0 Å². The Morgan fingerprint density at radius 3 is 3.11 bits per heavy atom. The number of imidazole rings is 1. The number of aromatic nitrogens is 3. The molecule has 0 aliphatic carbocycles. The van der Waals surface area contributed by atoms with Crippen molar-refractivity contribution in [2.45, 2.75) is 38.8 Å². The second-order valence-electron chi connectivity index (χ2n) is 5.06. The van der Waals surface area contributed by atoms with Crippen molar-refractivity contribution in [1.82, 2.24) is 14.5 Å². The average molecular weight is 257 g/mol. The van der Waals surface area contributed by atoms with Crippen LogP contribution in [0.5, 0.6) is 0 Å². The molecular weight excluding hydrogens is 238 g/mol. The molecule has 0 spiro atoms. The van der Waals surface area contributed by atoms with Crippen molar-refractivity contribution < 1.29 is 4.74 Å². The van der Waals surface area contributed by atoms with Crippen LogP contribution in [0.15, 0.2) is 30.6 Å². The van der Waals surface area contributed by atoms with Gasteiger partial charge in [0.25, 0.3) is 0 Å². The summed E-state index contributed by atoms with van der Waals surface area (Å²) in [5, 5.41) is 0. The van der Waals surface area contributed by atoms with E-state index in [4.69, 9.17) is 4.74 Å². The molecule has 2 aromatic rings. The van der Waals surface area contributed by atoms with Gasteiger partial charge in [-0.3, -0.25) is 0 Å². The molecule has 4 heteroatoms. The van der Waals surface area contributed by atoms with Crippen LogP contribution in [0.3, 0.4) is 0 Å². The molecule has 1 fully saturated rings. The van der Waals surface area contributed by atoms with Crippen LogP contribution in [0.2, 0.25) is 0 Å². The van der Waals surface area contributed by atoms with Gasteiger partial charge < -0.3 is 9.30 Å². The molecule has 0 amide bonds. The summed E-state index contributed by atoms with van der Waals surface area (Å²) in [6, 6.07) is 6.03. The Balaban J connectivity index is 1.81. The van der Waals surface area contributed by atoms with Gasteiger partial charge in [0.15, 0.2) is 5.82 Å². The summed E-state index contributed by atoms with van der Waals surface area (Å²) in [7, 11) is 0. The highest BCUT2D eigenvalue weighted by atomic mass is 16.5. The fraction of sp³-hybridized carbons (Fsp3) is 0.467. The van der Waals surface area contributed by atoms with Crippen LogP contribution in [0.1, 0.15) is 25.0 Å². The van der Waals surface area contributed by atoms with Crippen molar-refractivity contribution in [1.29, 1.82) is 0 Å². The summed E-state index contributed by atoms with van der Waals surface area (Å²) >= 11 is 0. The molecule has 19 heavy (non-hydrogen) atoms. The minimum Gasteiger partial charge on any atom is -0.376 e. The van der Waals surface area contributed by atoms with Gasteiger partial charge in [0, 0.05) is 24.7 Å². The van der Waals surface area contributed by atoms with Crippen LogP contribution in [-0.2, 0) is 11.3 Å². The van der Waals surface area contributed by atoms with Gasteiger partial charge in [0.2, 0.25) is 0 Å². The third-order valence-electron chi connectivity index (χ3n) is 3.51. The van der Waals surface area contributed by atoms with E-state index in [9.17, 15) is 0 Å². The van der Waals surface area contributed by atoms with E-state index in [1.807, 2.05) is 37.5 Å². The molecule has 0 radical (unpaired) electrons. The summed E-state index contributed by atoms with van der Waals surface area (Å²) in [5.74, 6) is 0.929. The molecule has 3 heterocycles. The third kappa shape index (κ3) is 2.84. The molecule has 0 bridgehead atoms. The Bertz CT molecular complexity index is 544.